The van der Waals surface area contributed by atoms with Crippen molar-refractivity contribution in [1.29, 1.82) is 0 Å². The van der Waals surface area contributed by atoms with Crippen LogP contribution in [0.3, 0.4) is 0 Å². The molecule has 0 aliphatic carbocycles. The molecule has 0 unspecified atom stereocenters. The summed E-state index contributed by atoms with van der Waals surface area (Å²) < 4.78 is 2.31. The van der Waals surface area contributed by atoms with Crippen LogP contribution in [0.1, 0.15) is 50.0 Å². The first-order valence-corrected chi connectivity index (χ1v) is 7.85. The molecule has 21 heavy (non-hydrogen) atoms. The zero-order valence-corrected chi connectivity index (χ0v) is 13.2. The van der Waals surface area contributed by atoms with E-state index in [2.05, 4.69) is 58.5 Å². The van der Waals surface area contributed by atoms with Gasteiger partial charge in [0.15, 0.2) is 0 Å². The summed E-state index contributed by atoms with van der Waals surface area (Å²) in [5.41, 5.74) is 1.22. The van der Waals surface area contributed by atoms with Crippen molar-refractivity contribution in [2.75, 3.05) is 18.0 Å². The van der Waals surface area contributed by atoms with Gasteiger partial charge in [-0.1, -0.05) is 6.07 Å². The van der Waals surface area contributed by atoms with Gasteiger partial charge in [0.25, 0.3) is 0 Å². The molecule has 2 aromatic heterocycles. The molecule has 4 heteroatoms. The topological polar surface area (TPSA) is 34.0 Å². The highest BCUT2D eigenvalue weighted by atomic mass is 15.2. The Bertz CT molecular complexity index is 577. The van der Waals surface area contributed by atoms with Crippen LogP contribution < -0.4 is 4.90 Å². The molecule has 112 valence electrons. The molecule has 0 amide bonds. The number of aryl methyl sites for hydroxylation is 1. The number of piperidine rings is 1. The minimum atomic E-state index is 0.485. The van der Waals surface area contributed by atoms with Crippen LogP contribution >= 0.6 is 0 Å². The molecule has 1 aliphatic rings. The van der Waals surface area contributed by atoms with Gasteiger partial charge in [-0.2, -0.15) is 0 Å². The second kappa shape index (κ2) is 5.88. The summed E-state index contributed by atoms with van der Waals surface area (Å²) in [7, 11) is 0. The van der Waals surface area contributed by atoms with Crippen LogP contribution in [0.2, 0.25) is 0 Å². The number of anilines is 1. The molecule has 4 nitrogen and oxygen atoms in total. The molecule has 1 fully saturated rings. The average Bonchev–Trinajstić information content (AvgIpc) is 2.98. The summed E-state index contributed by atoms with van der Waals surface area (Å²) in [6, 6.07) is 4.75. The largest absolute Gasteiger partial charge is 0.357 e. The Balaban J connectivity index is 1.67. The van der Waals surface area contributed by atoms with E-state index >= 15 is 0 Å². The highest BCUT2D eigenvalue weighted by Gasteiger charge is 2.24. The number of pyridine rings is 1. The molecule has 1 aliphatic heterocycles. The monoisotopic (exact) mass is 284 g/mol. The number of hydrogen-bond donors (Lipinski definition) is 0. The molecule has 3 rings (SSSR count). The smallest absolute Gasteiger partial charge is 0.128 e. The number of aromatic nitrogens is 3. The Hall–Kier alpha value is -1.84. The zero-order chi connectivity index (χ0) is 14.8. The van der Waals surface area contributed by atoms with Crippen molar-refractivity contribution in [2.45, 2.75) is 45.6 Å². The van der Waals surface area contributed by atoms with Crippen molar-refractivity contribution in [3.8, 4) is 0 Å². The van der Waals surface area contributed by atoms with E-state index in [4.69, 9.17) is 0 Å². The molecule has 1 saturated heterocycles. The highest BCUT2D eigenvalue weighted by Crippen LogP contribution is 2.30. The Labute approximate surface area is 126 Å². The van der Waals surface area contributed by atoms with Gasteiger partial charge in [-0.05, 0) is 45.2 Å². The lowest BCUT2D eigenvalue weighted by atomic mass is 9.95. The normalized spacial score (nSPS) is 16.7. The lowest BCUT2D eigenvalue weighted by Gasteiger charge is -2.33. The minimum absolute atomic E-state index is 0.485. The quantitative estimate of drug-likeness (QED) is 0.864. The van der Waals surface area contributed by atoms with Gasteiger partial charge in [0, 0.05) is 43.6 Å². The number of nitrogens with zero attached hydrogens (tertiary/aromatic N) is 4. The third kappa shape index (κ3) is 2.94. The van der Waals surface area contributed by atoms with Crippen molar-refractivity contribution >= 4 is 5.82 Å². The molecular formula is C17H24N4. The van der Waals surface area contributed by atoms with Gasteiger partial charge >= 0.3 is 0 Å². The van der Waals surface area contributed by atoms with E-state index in [1.54, 1.807) is 0 Å². The van der Waals surface area contributed by atoms with Crippen molar-refractivity contribution in [3.05, 3.63) is 42.1 Å². The molecule has 0 atom stereocenters. The Morgan fingerprint density at radius 1 is 1.14 bits per heavy atom. The van der Waals surface area contributed by atoms with E-state index in [1.165, 1.54) is 11.4 Å². The van der Waals surface area contributed by atoms with Crippen molar-refractivity contribution in [1.82, 2.24) is 14.5 Å². The maximum atomic E-state index is 4.60. The highest BCUT2D eigenvalue weighted by molar-refractivity contribution is 5.39. The summed E-state index contributed by atoms with van der Waals surface area (Å²) in [4.78, 5) is 11.5. The molecule has 0 aromatic carbocycles. The molecule has 2 aromatic rings. The molecular weight excluding hydrogens is 260 g/mol. The van der Waals surface area contributed by atoms with Crippen LogP contribution in [0.4, 0.5) is 5.82 Å². The molecule has 0 bridgehead atoms. The molecule has 0 radical (unpaired) electrons. The second-order valence-electron chi connectivity index (χ2n) is 6.24. The third-order valence-corrected chi connectivity index (χ3v) is 4.33. The Kier molecular flexibility index (Phi) is 3.95. The van der Waals surface area contributed by atoms with Gasteiger partial charge in [0.05, 0.1) is 0 Å². The van der Waals surface area contributed by atoms with Crippen molar-refractivity contribution < 1.29 is 0 Å². The lowest BCUT2D eigenvalue weighted by molar-refractivity contribution is 0.448. The van der Waals surface area contributed by atoms with Crippen molar-refractivity contribution in [2.24, 2.45) is 0 Å². The van der Waals surface area contributed by atoms with Gasteiger partial charge in [-0.15, -0.1) is 0 Å². The van der Waals surface area contributed by atoms with Crippen LogP contribution in [-0.2, 0) is 0 Å². The second-order valence-corrected chi connectivity index (χ2v) is 6.24. The zero-order valence-electron chi connectivity index (χ0n) is 13.2. The lowest BCUT2D eigenvalue weighted by Crippen LogP contribution is -2.34. The SMILES string of the molecule is Cc1ccc(N2CCC(c3nccn3C(C)C)CC2)nc1. The maximum absolute atomic E-state index is 4.60. The van der Waals surface area contributed by atoms with Gasteiger partial charge < -0.3 is 9.47 Å². The molecule has 0 spiro atoms. The van der Waals surface area contributed by atoms with Crippen LogP contribution in [0.25, 0.3) is 0 Å². The van der Waals surface area contributed by atoms with E-state index in [1.807, 2.05) is 12.4 Å². The molecule has 3 heterocycles. The summed E-state index contributed by atoms with van der Waals surface area (Å²) >= 11 is 0. The number of hydrogen-bond acceptors (Lipinski definition) is 3. The minimum Gasteiger partial charge on any atom is -0.357 e. The molecule has 0 saturated carbocycles. The van der Waals surface area contributed by atoms with E-state index in [-0.39, 0.29) is 0 Å². The van der Waals surface area contributed by atoms with Crippen molar-refractivity contribution in [3.63, 3.8) is 0 Å². The maximum Gasteiger partial charge on any atom is 0.128 e. The first kappa shape index (κ1) is 14.1. The molecule has 0 N–H and O–H groups in total. The summed E-state index contributed by atoms with van der Waals surface area (Å²) in [6.07, 6.45) is 8.29. The fourth-order valence-electron chi connectivity index (χ4n) is 3.09. The van der Waals surface area contributed by atoms with Gasteiger partial charge in [-0.3, -0.25) is 0 Å². The Morgan fingerprint density at radius 3 is 2.52 bits per heavy atom. The summed E-state index contributed by atoms with van der Waals surface area (Å²) in [5.74, 6) is 2.93. The first-order chi connectivity index (χ1) is 10.1. The van der Waals surface area contributed by atoms with E-state index < -0.39 is 0 Å². The van der Waals surface area contributed by atoms with Gasteiger partial charge in [0.1, 0.15) is 11.6 Å². The van der Waals surface area contributed by atoms with Crippen LogP contribution in [-0.4, -0.2) is 27.6 Å². The van der Waals surface area contributed by atoms with Crippen LogP contribution in [0, 0.1) is 6.92 Å². The van der Waals surface area contributed by atoms with E-state index in [9.17, 15) is 0 Å². The third-order valence-electron chi connectivity index (χ3n) is 4.33. The van der Waals surface area contributed by atoms with Gasteiger partial charge in [0.2, 0.25) is 0 Å². The van der Waals surface area contributed by atoms with Gasteiger partial charge in [-0.25, -0.2) is 9.97 Å². The van der Waals surface area contributed by atoms with Crippen LogP contribution in [0.15, 0.2) is 30.7 Å². The summed E-state index contributed by atoms with van der Waals surface area (Å²) in [6.45, 7) is 8.64. The first-order valence-electron chi connectivity index (χ1n) is 7.85. The predicted octanol–water partition coefficient (Wildman–Crippen LogP) is 3.55. The average molecular weight is 284 g/mol. The van der Waals surface area contributed by atoms with E-state index in [0.29, 0.717) is 12.0 Å². The fourth-order valence-corrected chi connectivity index (χ4v) is 3.09. The van der Waals surface area contributed by atoms with Crippen LogP contribution in [0.5, 0.6) is 0 Å². The standard InChI is InChI=1S/C17H24N4/c1-13(2)21-11-8-18-17(21)15-6-9-20(10-7-15)16-5-4-14(3)12-19-16/h4-5,8,11-13,15H,6-7,9-10H2,1-3H3. The fraction of sp³-hybridized carbons (Fsp3) is 0.529. The number of imidazole rings is 1. The Morgan fingerprint density at radius 2 is 1.90 bits per heavy atom. The van der Waals surface area contributed by atoms with E-state index in [0.717, 1.165) is 31.7 Å². The predicted molar refractivity (Wildman–Crippen MR) is 85.8 cm³/mol. The summed E-state index contributed by atoms with van der Waals surface area (Å²) in [5, 5.41) is 0. The number of rotatable bonds is 3.